The fourth-order valence-electron chi connectivity index (χ4n) is 1.47. The highest BCUT2D eigenvalue weighted by atomic mass is 79.9. The Bertz CT molecular complexity index is 513. The van der Waals surface area contributed by atoms with E-state index in [9.17, 15) is 18.3 Å². The number of carbonyl (C=O) groups excluding carboxylic acids is 1. The van der Waals surface area contributed by atoms with Crippen molar-refractivity contribution in [3.8, 4) is 0 Å². The predicted octanol–water partition coefficient (Wildman–Crippen LogP) is 1.04. The second-order valence-corrected chi connectivity index (χ2v) is 6.72. The third-order valence-corrected chi connectivity index (χ3v) is 4.48. The molecule has 0 saturated heterocycles. The maximum absolute atomic E-state index is 11.9. The van der Waals surface area contributed by atoms with Crippen LogP contribution in [0.3, 0.4) is 0 Å². The van der Waals surface area contributed by atoms with E-state index in [4.69, 9.17) is 0 Å². The van der Waals surface area contributed by atoms with Crippen LogP contribution < -0.4 is 9.83 Å². The zero-order valence-corrected chi connectivity index (χ0v) is 12.7. The van der Waals surface area contributed by atoms with Gasteiger partial charge in [0.15, 0.2) is 0 Å². The predicted molar refractivity (Wildman–Crippen MR) is 72.8 cm³/mol. The lowest BCUT2D eigenvalue weighted by molar-refractivity contribution is -0.305. The minimum atomic E-state index is -3.48. The lowest BCUT2D eigenvalue weighted by Crippen LogP contribution is -2.25. The number of unbranched alkanes of at least 4 members (excludes halogenated alkanes) is 2. The monoisotopic (exact) mass is 348 g/mol. The van der Waals surface area contributed by atoms with E-state index in [1.165, 1.54) is 12.1 Å². The van der Waals surface area contributed by atoms with Gasteiger partial charge in [0.2, 0.25) is 10.0 Å². The van der Waals surface area contributed by atoms with Crippen LogP contribution in [0.1, 0.15) is 25.7 Å². The number of sulfonamides is 1. The van der Waals surface area contributed by atoms with Gasteiger partial charge in [-0.25, -0.2) is 13.1 Å². The van der Waals surface area contributed by atoms with Crippen LogP contribution >= 0.6 is 15.9 Å². The molecule has 7 heteroatoms. The number of hydrogen-bond acceptors (Lipinski definition) is 4. The first kappa shape index (κ1) is 16.1. The molecule has 19 heavy (non-hydrogen) atoms. The van der Waals surface area contributed by atoms with Crippen molar-refractivity contribution in [1.82, 2.24) is 4.72 Å². The van der Waals surface area contributed by atoms with Gasteiger partial charge < -0.3 is 9.90 Å². The fraction of sp³-hybridized carbons (Fsp3) is 0.417. The maximum Gasteiger partial charge on any atom is 0.240 e. The molecule has 0 spiro atoms. The highest BCUT2D eigenvalue weighted by Gasteiger charge is 2.12. The molecule has 1 aromatic rings. The van der Waals surface area contributed by atoms with E-state index in [-0.39, 0.29) is 11.3 Å². The summed E-state index contributed by atoms with van der Waals surface area (Å²) in [5.74, 6) is -1.07. The number of nitrogens with one attached hydrogen (secondary N) is 1. The lowest BCUT2D eigenvalue weighted by atomic mass is 10.2. The Morgan fingerprint density at radius 1 is 1.16 bits per heavy atom. The van der Waals surface area contributed by atoms with Gasteiger partial charge >= 0.3 is 0 Å². The van der Waals surface area contributed by atoms with Crippen LogP contribution in [-0.4, -0.2) is 20.9 Å². The second kappa shape index (κ2) is 7.62. The number of halogens is 1. The Morgan fingerprint density at radius 2 is 1.79 bits per heavy atom. The van der Waals surface area contributed by atoms with Crippen LogP contribution in [0.4, 0.5) is 0 Å². The van der Waals surface area contributed by atoms with Crippen molar-refractivity contribution in [1.29, 1.82) is 0 Å². The molecular weight excluding hydrogens is 334 g/mol. The van der Waals surface area contributed by atoms with Gasteiger partial charge in [-0.1, -0.05) is 22.4 Å². The third-order valence-electron chi connectivity index (χ3n) is 2.47. The summed E-state index contributed by atoms with van der Waals surface area (Å²) >= 11 is 3.24. The Balaban J connectivity index is 2.35. The first-order chi connectivity index (χ1) is 8.92. The molecule has 1 N–H and O–H groups in total. The summed E-state index contributed by atoms with van der Waals surface area (Å²) in [5, 5.41) is 10.2. The van der Waals surface area contributed by atoms with Crippen molar-refractivity contribution in [2.75, 3.05) is 6.54 Å². The Hall–Kier alpha value is -0.920. The molecule has 0 heterocycles. The van der Waals surface area contributed by atoms with Gasteiger partial charge in [0, 0.05) is 17.0 Å². The molecule has 1 rings (SSSR count). The Labute approximate surface area is 121 Å². The molecule has 0 amide bonds. The molecule has 0 aromatic heterocycles. The smallest absolute Gasteiger partial charge is 0.240 e. The summed E-state index contributed by atoms with van der Waals surface area (Å²) in [7, 11) is -3.48. The van der Waals surface area contributed by atoms with Crippen LogP contribution in [0.15, 0.2) is 33.6 Å². The van der Waals surface area contributed by atoms with Crippen LogP contribution in [0.5, 0.6) is 0 Å². The normalized spacial score (nSPS) is 11.4. The quantitative estimate of drug-likeness (QED) is 0.711. The summed E-state index contributed by atoms with van der Waals surface area (Å²) < 4.78 is 27.0. The third kappa shape index (κ3) is 6.17. The van der Waals surface area contributed by atoms with Crippen molar-refractivity contribution in [3.05, 3.63) is 28.7 Å². The van der Waals surface area contributed by atoms with E-state index >= 15 is 0 Å². The average molecular weight is 349 g/mol. The van der Waals surface area contributed by atoms with Gasteiger partial charge in [-0.2, -0.15) is 0 Å². The Kier molecular flexibility index (Phi) is 6.47. The number of rotatable bonds is 8. The fourth-order valence-corrected chi connectivity index (χ4v) is 2.81. The minimum absolute atomic E-state index is 0.0134. The number of hydrogen-bond donors (Lipinski definition) is 1. The van der Waals surface area contributed by atoms with E-state index in [1.807, 2.05) is 0 Å². The maximum atomic E-state index is 11.9. The van der Waals surface area contributed by atoms with E-state index < -0.39 is 16.0 Å². The van der Waals surface area contributed by atoms with Gasteiger partial charge in [0.1, 0.15) is 0 Å². The Morgan fingerprint density at radius 3 is 2.37 bits per heavy atom. The molecule has 0 saturated carbocycles. The van der Waals surface area contributed by atoms with Crippen LogP contribution in [0, 0.1) is 0 Å². The molecule has 106 valence electrons. The summed E-state index contributed by atoms with van der Waals surface area (Å²) in [6.45, 7) is 0.297. The molecule has 1 aromatic carbocycles. The molecule has 0 aliphatic rings. The zero-order chi connectivity index (χ0) is 14.3. The first-order valence-corrected chi connectivity index (χ1v) is 8.14. The zero-order valence-electron chi connectivity index (χ0n) is 10.3. The molecule has 0 fully saturated rings. The van der Waals surface area contributed by atoms with Crippen molar-refractivity contribution in [2.24, 2.45) is 0 Å². The van der Waals surface area contributed by atoms with E-state index in [2.05, 4.69) is 20.7 Å². The van der Waals surface area contributed by atoms with Gasteiger partial charge in [0.05, 0.1) is 4.90 Å². The molecular formula is C12H15BrNO4S-. The molecule has 0 bridgehead atoms. The lowest BCUT2D eigenvalue weighted by Gasteiger charge is -2.07. The van der Waals surface area contributed by atoms with Crippen LogP contribution in [0.2, 0.25) is 0 Å². The number of carbonyl (C=O) groups is 1. The molecule has 0 aliphatic heterocycles. The van der Waals surface area contributed by atoms with Crippen molar-refractivity contribution >= 4 is 31.9 Å². The number of carboxylic acids is 1. The summed E-state index contributed by atoms with van der Waals surface area (Å²) in [6.07, 6.45) is 1.77. The number of carboxylic acid groups (broad SMARTS) is 1. The standard InChI is InChI=1S/C12H16BrNO4S/c13-10-5-7-11(8-6-10)19(17,18)14-9-3-1-2-4-12(15)16/h5-8,14H,1-4,9H2,(H,15,16)/p-1. The molecule has 5 nitrogen and oxygen atoms in total. The highest BCUT2D eigenvalue weighted by Crippen LogP contribution is 2.14. The van der Waals surface area contributed by atoms with Crippen LogP contribution in [-0.2, 0) is 14.8 Å². The number of benzene rings is 1. The highest BCUT2D eigenvalue weighted by molar-refractivity contribution is 9.10. The van der Waals surface area contributed by atoms with E-state index in [0.29, 0.717) is 25.8 Å². The van der Waals surface area contributed by atoms with Crippen molar-refractivity contribution < 1.29 is 18.3 Å². The van der Waals surface area contributed by atoms with E-state index in [0.717, 1.165) is 4.47 Å². The summed E-state index contributed by atoms with van der Waals surface area (Å²) in [6, 6.07) is 6.36. The topological polar surface area (TPSA) is 86.3 Å². The van der Waals surface area contributed by atoms with Gasteiger partial charge in [-0.3, -0.25) is 0 Å². The molecule has 0 aliphatic carbocycles. The second-order valence-electron chi connectivity index (χ2n) is 4.03. The van der Waals surface area contributed by atoms with Crippen molar-refractivity contribution in [2.45, 2.75) is 30.6 Å². The first-order valence-electron chi connectivity index (χ1n) is 5.87. The average Bonchev–Trinajstić information content (AvgIpc) is 2.34. The van der Waals surface area contributed by atoms with Gasteiger partial charge in [-0.15, -0.1) is 0 Å². The largest absolute Gasteiger partial charge is 0.550 e. The summed E-state index contributed by atoms with van der Waals surface area (Å²) in [5.41, 5.74) is 0. The SMILES string of the molecule is O=C([O-])CCCCCNS(=O)(=O)c1ccc(Br)cc1. The van der Waals surface area contributed by atoms with Crippen LogP contribution in [0.25, 0.3) is 0 Å². The van der Waals surface area contributed by atoms with E-state index in [1.54, 1.807) is 12.1 Å². The molecule has 0 atom stereocenters. The van der Waals surface area contributed by atoms with Gasteiger partial charge in [-0.05, 0) is 43.5 Å². The number of aliphatic carboxylic acids is 1. The van der Waals surface area contributed by atoms with Crippen molar-refractivity contribution in [3.63, 3.8) is 0 Å². The van der Waals surface area contributed by atoms with Gasteiger partial charge in [0.25, 0.3) is 0 Å². The minimum Gasteiger partial charge on any atom is -0.550 e. The molecule has 0 unspecified atom stereocenters. The molecule has 0 radical (unpaired) electrons. The summed E-state index contributed by atoms with van der Waals surface area (Å²) in [4.78, 5) is 10.4.